The summed E-state index contributed by atoms with van der Waals surface area (Å²) in [7, 11) is 0. The topological polar surface area (TPSA) is 55.1 Å². The van der Waals surface area contributed by atoms with E-state index in [1.165, 1.54) is 0 Å². The number of anilines is 1. The van der Waals surface area contributed by atoms with E-state index in [2.05, 4.69) is 5.32 Å². The molecular formula is C14H22N2O. The lowest BCUT2D eigenvalue weighted by Crippen LogP contribution is -2.32. The van der Waals surface area contributed by atoms with Crippen molar-refractivity contribution in [3.05, 3.63) is 35.9 Å². The fraction of sp³-hybridized carbons (Fsp3) is 0.357. The lowest BCUT2D eigenvalue weighted by molar-refractivity contribution is -0.116. The number of para-hydroxylation sites is 1. The van der Waals surface area contributed by atoms with Gasteiger partial charge in [0.25, 0.3) is 0 Å². The zero-order chi connectivity index (χ0) is 13.3. The van der Waals surface area contributed by atoms with E-state index in [-0.39, 0.29) is 5.91 Å². The Balaban J connectivity index is 0.000000581. The highest BCUT2D eigenvalue weighted by molar-refractivity contribution is 5.99. The smallest absolute Gasteiger partial charge is 0.245 e. The Kier molecular flexibility index (Phi) is 7.72. The van der Waals surface area contributed by atoms with E-state index in [1.807, 2.05) is 58.0 Å². The van der Waals surface area contributed by atoms with Crippen molar-refractivity contribution in [3.63, 3.8) is 0 Å². The number of amides is 1. The van der Waals surface area contributed by atoms with E-state index in [9.17, 15) is 4.79 Å². The molecule has 94 valence electrons. The molecule has 0 bridgehead atoms. The van der Waals surface area contributed by atoms with Crippen LogP contribution in [-0.4, -0.2) is 11.9 Å². The van der Waals surface area contributed by atoms with Crippen molar-refractivity contribution in [3.8, 4) is 0 Å². The van der Waals surface area contributed by atoms with E-state index in [0.29, 0.717) is 0 Å². The fourth-order valence-electron chi connectivity index (χ4n) is 1.27. The summed E-state index contributed by atoms with van der Waals surface area (Å²) in [5.41, 5.74) is 7.36. The quantitative estimate of drug-likeness (QED) is 0.725. The summed E-state index contributed by atoms with van der Waals surface area (Å²) in [5.74, 6) is -0.166. The summed E-state index contributed by atoms with van der Waals surface area (Å²) < 4.78 is 0. The Morgan fingerprint density at radius 2 is 1.71 bits per heavy atom. The molecule has 1 heterocycles. The SMILES string of the molecule is CC.CC.NC1C=Cc2ccccc2NC1=O. The number of benzene rings is 1. The molecule has 0 saturated carbocycles. The molecule has 1 atom stereocenters. The molecule has 1 aliphatic rings. The summed E-state index contributed by atoms with van der Waals surface area (Å²) in [6.45, 7) is 8.00. The van der Waals surface area contributed by atoms with Crippen LogP contribution >= 0.6 is 0 Å². The van der Waals surface area contributed by atoms with Gasteiger partial charge in [-0.3, -0.25) is 4.79 Å². The number of carbonyl (C=O) groups excluding carboxylic acids is 1. The molecule has 17 heavy (non-hydrogen) atoms. The Bertz CT molecular complexity index is 372. The van der Waals surface area contributed by atoms with Crippen molar-refractivity contribution >= 4 is 17.7 Å². The highest BCUT2D eigenvalue weighted by Crippen LogP contribution is 2.19. The van der Waals surface area contributed by atoms with Crippen LogP contribution in [0, 0.1) is 0 Å². The van der Waals surface area contributed by atoms with E-state index < -0.39 is 6.04 Å². The number of hydrogen-bond acceptors (Lipinski definition) is 2. The molecule has 0 radical (unpaired) electrons. The van der Waals surface area contributed by atoms with Crippen LogP contribution in [0.3, 0.4) is 0 Å². The second-order valence-corrected chi connectivity index (χ2v) is 2.96. The number of carbonyl (C=O) groups is 1. The molecule has 1 unspecified atom stereocenters. The second-order valence-electron chi connectivity index (χ2n) is 2.96. The lowest BCUT2D eigenvalue weighted by atomic mass is 10.2. The predicted molar refractivity (Wildman–Crippen MR) is 74.8 cm³/mol. The van der Waals surface area contributed by atoms with Gasteiger partial charge in [0.05, 0.1) is 0 Å². The predicted octanol–water partition coefficient (Wildman–Crippen LogP) is 3.03. The lowest BCUT2D eigenvalue weighted by Gasteiger charge is -2.06. The molecule has 1 amide bonds. The van der Waals surface area contributed by atoms with Crippen LogP contribution in [-0.2, 0) is 4.79 Å². The Morgan fingerprint density at radius 3 is 2.35 bits per heavy atom. The molecule has 0 saturated heterocycles. The molecule has 0 fully saturated rings. The summed E-state index contributed by atoms with van der Waals surface area (Å²) in [4.78, 5) is 11.3. The van der Waals surface area contributed by atoms with Crippen LogP contribution in [0.15, 0.2) is 30.3 Å². The Labute approximate surface area is 104 Å². The van der Waals surface area contributed by atoms with Crippen molar-refractivity contribution in [2.45, 2.75) is 33.7 Å². The van der Waals surface area contributed by atoms with Crippen LogP contribution in [0.1, 0.15) is 33.3 Å². The van der Waals surface area contributed by atoms with Crippen molar-refractivity contribution in [1.29, 1.82) is 0 Å². The highest BCUT2D eigenvalue weighted by atomic mass is 16.2. The fourth-order valence-corrected chi connectivity index (χ4v) is 1.27. The maximum absolute atomic E-state index is 11.3. The van der Waals surface area contributed by atoms with Crippen LogP contribution in [0.5, 0.6) is 0 Å². The Hall–Kier alpha value is -1.61. The maximum Gasteiger partial charge on any atom is 0.245 e. The third-order valence-corrected chi connectivity index (χ3v) is 2.00. The van der Waals surface area contributed by atoms with Gasteiger partial charge < -0.3 is 11.1 Å². The first-order valence-corrected chi connectivity index (χ1v) is 6.11. The normalized spacial score (nSPS) is 16.3. The molecule has 0 aliphatic carbocycles. The van der Waals surface area contributed by atoms with Crippen LogP contribution in [0.4, 0.5) is 5.69 Å². The summed E-state index contributed by atoms with van der Waals surface area (Å²) in [6, 6.07) is 7.04. The van der Waals surface area contributed by atoms with Gasteiger partial charge >= 0.3 is 0 Å². The molecule has 3 nitrogen and oxygen atoms in total. The molecule has 0 spiro atoms. The molecule has 2 rings (SSSR count). The van der Waals surface area contributed by atoms with Crippen molar-refractivity contribution < 1.29 is 4.79 Å². The minimum atomic E-state index is -0.549. The first-order valence-electron chi connectivity index (χ1n) is 6.11. The molecule has 0 aromatic heterocycles. The maximum atomic E-state index is 11.3. The average molecular weight is 234 g/mol. The van der Waals surface area contributed by atoms with Crippen molar-refractivity contribution in [2.75, 3.05) is 5.32 Å². The van der Waals surface area contributed by atoms with Gasteiger partial charge in [-0.25, -0.2) is 0 Å². The molecule has 3 N–H and O–H groups in total. The van der Waals surface area contributed by atoms with Gasteiger partial charge in [0.1, 0.15) is 6.04 Å². The zero-order valence-corrected chi connectivity index (χ0v) is 11.0. The van der Waals surface area contributed by atoms with Gasteiger partial charge in [-0.2, -0.15) is 0 Å². The highest BCUT2D eigenvalue weighted by Gasteiger charge is 2.14. The van der Waals surface area contributed by atoms with E-state index in [0.717, 1.165) is 11.3 Å². The number of rotatable bonds is 0. The number of hydrogen-bond donors (Lipinski definition) is 2. The van der Waals surface area contributed by atoms with Gasteiger partial charge in [0, 0.05) is 5.69 Å². The third kappa shape index (κ3) is 4.41. The summed E-state index contributed by atoms with van der Waals surface area (Å²) in [6.07, 6.45) is 3.55. The van der Waals surface area contributed by atoms with Gasteiger partial charge in [-0.05, 0) is 11.6 Å². The number of nitrogens with two attached hydrogens (primary N) is 1. The first-order chi connectivity index (χ1) is 8.27. The minimum Gasteiger partial charge on any atom is -0.324 e. The van der Waals surface area contributed by atoms with E-state index in [1.54, 1.807) is 6.08 Å². The van der Waals surface area contributed by atoms with Crippen LogP contribution < -0.4 is 11.1 Å². The van der Waals surface area contributed by atoms with Crippen molar-refractivity contribution in [2.24, 2.45) is 5.73 Å². The Morgan fingerprint density at radius 1 is 1.12 bits per heavy atom. The van der Waals surface area contributed by atoms with E-state index >= 15 is 0 Å². The molecule has 1 aliphatic heterocycles. The average Bonchev–Trinajstić information content (AvgIpc) is 2.55. The zero-order valence-electron chi connectivity index (χ0n) is 11.0. The molecule has 1 aromatic rings. The third-order valence-electron chi connectivity index (χ3n) is 2.00. The van der Waals surface area contributed by atoms with Crippen LogP contribution in [0.25, 0.3) is 6.08 Å². The molecular weight excluding hydrogens is 212 g/mol. The van der Waals surface area contributed by atoms with Crippen molar-refractivity contribution in [1.82, 2.24) is 0 Å². The minimum absolute atomic E-state index is 0.166. The summed E-state index contributed by atoms with van der Waals surface area (Å²) in [5, 5.41) is 2.75. The van der Waals surface area contributed by atoms with Crippen LogP contribution in [0.2, 0.25) is 0 Å². The number of fused-ring (bicyclic) bond motifs is 1. The van der Waals surface area contributed by atoms with Gasteiger partial charge in [0.15, 0.2) is 0 Å². The second kappa shape index (κ2) is 8.53. The standard InChI is InChI=1S/C10H10N2O.2C2H6/c11-8-6-5-7-3-1-2-4-9(7)12-10(8)13;2*1-2/h1-6,8H,11H2,(H,12,13);2*1-2H3. The molecule has 3 heteroatoms. The number of nitrogens with one attached hydrogen (secondary N) is 1. The van der Waals surface area contributed by atoms with Gasteiger partial charge in [-0.1, -0.05) is 58.0 Å². The first kappa shape index (κ1) is 15.4. The monoisotopic (exact) mass is 234 g/mol. The van der Waals surface area contributed by atoms with E-state index in [4.69, 9.17) is 5.73 Å². The van der Waals surface area contributed by atoms with Gasteiger partial charge in [0.2, 0.25) is 5.91 Å². The molecule has 1 aromatic carbocycles. The van der Waals surface area contributed by atoms with Gasteiger partial charge in [-0.15, -0.1) is 0 Å². The summed E-state index contributed by atoms with van der Waals surface area (Å²) >= 11 is 0. The largest absolute Gasteiger partial charge is 0.324 e.